The van der Waals surface area contributed by atoms with Gasteiger partial charge in [-0.05, 0) is 54.7 Å². The number of fused-ring (bicyclic) bond motifs is 3. The third-order valence-corrected chi connectivity index (χ3v) is 4.26. The lowest BCUT2D eigenvalue weighted by Gasteiger charge is -2.16. The number of para-hydroxylation sites is 1. The van der Waals surface area contributed by atoms with Crippen molar-refractivity contribution in [1.82, 2.24) is 4.57 Å². The average molecular weight is 257 g/mol. The third-order valence-electron chi connectivity index (χ3n) is 4.26. The van der Waals surface area contributed by atoms with Gasteiger partial charge in [-0.2, -0.15) is 0 Å². The van der Waals surface area contributed by atoms with E-state index in [1.165, 1.54) is 28.2 Å². The molecule has 2 aliphatic rings. The maximum absolute atomic E-state index is 6.12. The Morgan fingerprint density at radius 2 is 1.80 bits per heavy atom. The molecule has 0 aliphatic heterocycles. The molecule has 1 aromatic heterocycles. The quantitative estimate of drug-likeness (QED) is 0.681. The molecule has 0 fully saturated rings. The van der Waals surface area contributed by atoms with Gasteiger partial charge in [-0.25, -0.2) is 0 Å². The van der Waals surface area contributed by atoms with Crippen molar-refractivity contribution >= 4 is 20.0 Å². The molecule has 0 N–H and O–H groups in total. The smallest absolute Gasteiger partial charge is 0.0759 e. The molecule has 0 saturated carbocycles. The molecule has 1 heterocycles. The Morgan fingerprint density at radius 1 is 1.00 bits per heavy atom. The molecule has 0 bridgehead atoms. The Hall–Kier alpha value is -1.96. The number of allylic oxidation sites excluding steroid dienone is 2. The number of nitrogens with zero attached hydrogens (tertiary/aromatic N) is 1. The fraction of sp³-hybridized carbons (Fsp3) is 0.222. The van der Waals surface area contributed by atoms with Crippen molar-refractivity contribution < 1.29 is 0 Å². The van der Waals surface area contributed by atoms with Crippen LogP contribution in [0.25, 0.3) is 17.8 Å². The van der Waals surface area contributed by atoms with Crippen molar-refractivity contribution in [2.45, 2.75) is 25.1 Å². The van der Waals surface area contributed by atoms with Crippen LogP contribution in [0.3, 0.4) is 0 Å². The van der Waals surface area contributed by atoms with E-state index in [2.05, 4.69) is 59.2 Å². The number of hydrogen-bond acceptors (Lipinski definition) is 0. The molecule has 2 radical (unpaired) electrons. The van der Waals surface area contributed by atoms with E-state index >= 15 is 0 Å². The molecular formula is C18H16BN. The van der Waals surface area contributed by atoms with Crippen LogP contribution in [0.2, 0.25) is 5.82 Å². The average Bonchev–Trinajstić information content (AvgIpc) is 2.82. The molecule has 4 rings (SSSR count). The fourth-order valence-electron chi connectivity index (χ4n) is 3.36. The molecular weight excluding hydrogens is 241 g/mol. The lowest BCUT2D eigenvalue weighted by molar-refractivity contribution is 0.919. The minimum absolute atomic E-state index is 0.157. The summed E-state index contributed by atoms with van der Waals surface area (Å²) in [5, 5.41) is 0. The Morgan fingerprint density at radius 3 is 2.65 bits per heavy atom. The Labute approximate surface area is 121 Å². The summed E-state index contributed by atoms with van der Waals surface area (Å²) in [6, 6.07) is 10.6. The van der Waals surface area contributed by atoms with Crippen molar-refractivity contribution in [1.29, 1.82) is 0 Å². The summed E-state index contributed by atoms with van der Waals surface area (Å²) in [7, 11) is 6.12. The second kappa shape index (κ2) is 4.55. The predicted molar refractivity (Wildman–Crippen MR) is 85.4 cm³/mol. The summed E-state index contributed by atoms with van der Waals surface area (Å²) in [5.41, 5.74) is 6.83. The summed E-state index contributed by atoms with van der Waals surface area (Å²) >= 11 is 0. The number of benzene rings is 1. The zero-order valence-corrected chi connectivity index (χ0v) is 11.4. The fourth-order valence-corrected chi connectivity index (χ4v) is 3.36. The molecule has 2 heteroatoms. The summed E-state index contributed by atoms with van der Waals surface area (Å²) in [6.45, 7) is 0. The monoisotopic (exact) mass is 257 g/mol. The van der Waals surface area contributed by atoms with E-state index < -0.39 is 0 Å². The van der Waals surface area contributed by atoms with Crippen molar-refractivity contribution in [3.8, 4) is 5.69 Å². The van der Waals surface area contributed by atoms with Crippen molar-refractivity contribution in [3.05, 3.63) is 65.0 Å². The SMILES string of the molecule is [B]C1C=Cc2c(c3c(n2-c2ccccc2)C=CCC3)C1. The zero-order chi connectivity index (χ0) is 13.5. The molecule has 0 spiro atoms. The van der Waals surface area contributed by atoms with Crippen LogP contribution < -0.4 is 0 Å². The van der Waals surface area contributed by atoms with Crippen LogP contribution in [-0.2, 0) is 12.8 Å². The lowest BCUT2D eigenvalue weighted by atomic mass is 9.77. The van der Waals surface area contributed by atoms with Crippen LogP contribution in [-0.4, -0.2) is 12.4 Å². The van der Waals surface area contributed by atoms with Gasteiger partial charge in [0.2, 0.25) is 0 Å². The highest BCUT2D eigenvalue weighted by Crippen LogP contribution is 2.37. The van der Waals surface area contributed by atoms with Crippen LogP contribution in [0.5, 0.6) is 0 Å². The molecule has 1 unspecified atom stereocenters. The van der Waals surface area contributed by atoms with Gasteiger partial charge < -0.3 is 4.57 Å². The standard InChI is InChI=1S/C18H16BN/c19-13-10-11-18-16(12-13)15-8-4-5-9-17(15)20(18)14-6-2-1-3-7-14/h1-3,5-7,9-11,13H,4,8,12H2. The highest BCUT2D eigenvalue weighted by Gasteiger charge is 2.24. The normalized spacial score (nSPS) is 19.7. The predicted octanol–water partition coefficient (Wildman–Crippen LogP) is 3.96. The highest BCUT2D eigenvalue weighted by molar-refractivity contribution is 6.13. The molecule has 96 valence electrons. The van der Waals surface area contributed by atoms with Gasteiger partial charge in [-0.3, -0.25) is 0 Å². The van der Waals surface area contributed by atoms with Crippen LogP contribution in [0.15, 0.2) is 42.5 Å². The minimum atomic E-state index is 0.157. The lowest BCUT2D eigenvalue weighted by Crippen LogP contribution is -2.05. The maximum Gasteiger partial charge on any atom is 0.0759 e. The number of aromatic nitrogens is 1. The third kappa shape index (κ3) is 1.71. The first-order valence-electron chi connectivity index (χ1n) is 7.27. The number of hydrogen-bond donors (Lipinski definition) is 0. The van der Waals surface area contributed by atoms with Gasteiger partial charge in [0.1, 0.15) is 0 Å². The van der Waals surface area contributed by atoms with Gasteiger partial charge in [0.05, 0.1) is 7.85 Å². The second-order valence-electron chi connectivity index (χ2n) is 5.57. The molecule has 1 aromatic carbocycles. The summed E-state index contributed by atoms with van der Waals surface area (Å²) < 4.78 is 2.38. The van der Waals surface area contributed by atoms with E-state index in [1.54, 1.807) is 0 Å². The van der Waals surface area contributed by atoms with Crippen LogP contribution in [0.4, 0.5) is 0 Å². The summed E-state index contributed by atoms with van der Waals surface area (Å²) in [6.07, 6.45) is 12.1. The van der Waals surface area contributed by atoms with Gasteiger partial charge in [0.25, 0.3) is 0 Å². The van der Waals surface area contributed by atoms with E-state index in [0.717, 1.165) is 19.3 Å². The van der Waals surface area contributed by atoms with Gasteiger partial charge in [-0.1, -0.05) is 36.2 Å². The van der Waals surface area contributed by atoms with Crippen LogP contribution in [0.1, 0.15) is 28.9 Å². The van der Waals surface area contributed by atoms with E-state index in [1.807, 2.05) is 0 Å². The molecule has 20 heavy (non-hydrogen) atoms. The van der Waals surface area contributed by atoms with Crippen molar-refractivity contribution in [2.24, 2.45) is 0 Å². The molecule has 1 nitrogen and oxygen atoms in total. The zero-order valence-electron chi connectivity index (χ0n) is 11.4. The maximum atomic E-state index is 6.12. The summed E-state index contributed by atoms with van der Waals surface area (Å²) in [4.78, 5) is 0. The molecule has 2 aromatic rings. The van der Waals surface area contributed by atoms with E-state index in [-0.39, 0.29) is 5.82 Å². The largest absolute Gasteiger partial charge is 0.310 e. The van der Waals surface area contributed by atoms with Gasteiger partial charge in [0, 0.05) is 17.1 Å². The first kappa shape index (κ1) is 11.8. The Bertz CT molecular complexity index is 707. The first-order chi connectivity index (χ1) is 9.84. The highest BCUT2D eigenvalue weighted by atomic mass is 15.0. The van der Waals surface area contributed by atoms with Gasteiger partial charge >= 0.3 is 0 Å². The van der Waals surface area contributed by atoms with Crippen molar-refractivity contribution in [2.75, 3.05) is 0 Å². The van der Waals surface area contributed by atoms with Crippen molar-refractivity contribution in [3.63, 3.8) is 0 Å². The molecule has 2 aliphatic carbocycles. The van der Waals surface area contributed by atoms with Gasteiger partial charge in [-0.15, -0.1) is 0 Å². The molecule has 1 atom stereocenters. The summed E-state index contributed by atoms with van der Waals surface area (Å²) in [5.74, 6) is 0.157. The Kier molecular flexibility index (Phi) is 2.69. The van der Waals surface area contributed by atoms with E-state index in [4.69, 9.17) is 7.85 Å². The van der Waals surface area contributed by atoms with Crippen LogP contribution >= 0.6 is 0 Å². The molecule has 0 saturated heterocycles. The molecule has 0 amide bonds. The van der Waals surface area contributed by atoms with Gasteiger partial charge in [0.15, 0.2) is 0 Å². The van der Waals surface area contributed by atoms with E-state index in [9.17, 15) is 0 Å². The Balaban J connectivity index is 2.01. The topological polar surface area (TPSA) is 4.93 Å². The second-order valence-corrected chi connectivity index (χ2v) is 5.57. The number of rotatable bonds is 1. The minimum Gasteiger partial charge on any atom is -0.310 e. The van der Waals surface area contributed by atoms with Crippen LogP contribution in [0, 0.1) is 0 Å². The first-order valence-corrected chi connectivity index (χ1v) is 7.27. The van der Waals surface area contributed by atoms with E-state index in [0.29, 0.717) is 0 Å².